The first-order valence-corrected chi connectivity index (χ1v) is 6.72. The minimum absolute atomic E-state index is 0.177. The van der Waals surface area contributed by atoms with Crippen molar-refractivity contribution < 1.29 is 4.79 Å². The van der Waals surface area contributed by atoms with Gasteiger partial charge in [-0.3, -0.25) is 10.1 Å². The molecule has 1 aromatic carbocycles. The number of carbonyl (C=O) groups is 1. The van der Waals surface area contributed by atoms with E-state index >= 15 is 0 Å². The number of nitrogens with two attached hydrogens (primary N) is 1. The van der Waals surface area contributed by atoms with E-state index in [2.05, 4.69) is 36.4 Å². The minimum atomic E-state index is -0.319. The highest BCUT2D eigenvalue weighted by molar-refractivity contribution is 9.10. The van der Waals surface area contributed by atoms with Gasteiger partial charge in [0, 0.05) is 15.7 Å². The highest BCUT2D eigenvalue weighted by Gasteiger charge is 2.14. The maximum Gasteiger partial charge on any atom is 0.258 e. The van der Waals surface area contributed by atoms with Gasteiger partial charge in [-0.2, -0.15) is 5.10 Å². The van der Waals surface area contributed by atoms with E-state index in [-0.39, 0.29) is 11.9 Å². The van der Waals surface area contributed by atoms with Crippen molar-refractivity contribution in [2.75, 3.05) is 11.1 Å². The molecule has 0 fully saturated rings. The second-order valence-corrected chi connectivity index (χ2v) is 5.34. The summed E-state index contributed by atoms with van der Waals surface area (Å²) >= 11 is 3.32. The van der Waals surface area contributed by atoms with Crippen LogP contribution in [0.2, 0.25) is 0 Å². The number of hydrogen-bond donors (Lipinski definition) is 2. The van der Waals surface area contributed by atoms with Crippen molar-refractivity contribution in [1.82, 2.24) is 15.2 Å². The van der Waals surface area contributed by atoms with Crippen molar-refractivity contribution in [3.8, 4) is 0 Å². The molecule has 0 unspecified atom stereocenters. The SMILES string of the molecule is Cc1nnc(NC(=O)c2cc(Br)cc(N)c2C)nc1C. The first-order valence-electron chi connectivity index (χ1n) is 5.93. The minimum Gasteiger partial charge on any atom is -0.398 e. The Kier molecular flexibility index (Phi) is 3.99. The van der Waals surface area contributed by atoms with Gasteiger partial charge in [0.1, 0.15) is 0 Å². The average molecular weight is 336 g/mol. The zero-order valence-electron chi connectivity index (χ0n) is 11.4. The van der Waals surface area contributed by atoms with Crippen LogP contribution < -0.4 is 11.1 Å². The van der Waals surface area contributed by atoms with Crippen LogP contribution in [-0.2, 0) is 0 Å². The number of nitrogen functional groups attached to an aromatic ring is 1. The van der Waals surface area contributed by atoms with Crippen LogP contribution in [0.4, 0.5) is 11.6 Å². The highest BCUT2D eigenvalue weighted by Crippen LogP contribution is 2.23. The zero-order chi connectivity index (χ0) is 14.9. The summed E-state index contributed by atoms with van der Waals surface area (Å²) in [4.78, 5) is 16.4. The summed E-state index contributed by atoms with van der Waals surface area (Å²) in [6.07, 6.45) is 0. The molecule has 2 aromatic rings. The van der Waals surface area contributed by atoms with Gasteiger partial charge in [-0.05, 0) is 38.5 Å². The second kappa shape index (κ2) is 5.54. The van der Waals surface area contributed by atoms with Crippen LogP contribution in [0.15, 0.2) is 16.6 Å². The quantitative estimate of drug-likeness (QED) is 0.822. The summed E-state index contributed by atoms with van der Waals surface area (Å²) in [7, 11) is 0. The van der Waals surface area contributed by atoms with Gasteiger partial charge in [0.25, 0.3) is 5.91 Å². The molecule has 2 rings (SSSR count). The molecule has 0 radical (unpaired) electrons. The molecule has 0 aliphatic heterocycles. The molecular weight excluding hydrogens is 322 g/mol. The van der Waals surface area contributed by atoms with Gasteiger partial charge in [0.15, 0.2) is 0 Å². The first kappa shape index (κ1) is 14.4. The Morgan fingerprint density at radius 2 is 1.90 bits per heavy atom. The fourth-order valence-electron chi connectivity index (χ4n) is 1.61. The number of rotatable bonds is 2. The van der Waals surface area contributed by atoms with E-state index < -0.39 is 0 Å². The smallest absolute Gasteiger partial charge is 0.258 e. The maximum atomic E-state index is 12.2. The van der Waals surface area contributed by atoms with Crippen molar-refractivity contribution in [3.63, 3.8) is 0 Å². The van der Waals surface area contributed by atoms with Crippen LogP contribution in [0.25, 0.3) is 0 Å². The molecule has 0 spiro atoms. The Morgan fingerprint density at radius 3 is 2.55 bits per heavy atom. The Labute approximate surface area is 124 Å². The van der Waals surface area contributed by atoms with Crippen LogP contribution in [0.1, 0.15) is 27.3 Å². The lowest BCUT2D eigenvalue weighted by Crippen LogP contribution is -2.17. The molecule has 1 aromatic heterocycles. The third-order valence-corrected chi connectivity index (χ3v) is 3.43. The Bertz CT molecular complexity index is 687. The molecule has 1 amide bonds. The van der Waals surface area contributed by atoms with Crippen molar-refractivity contribution in [2.24, 2.45) is 0 Å². The van der Waals surface area contributed by atoms with Gasteiger partial charge < -0.3 is 5.73 Å². The lowest BCUT2D eigenvalue weighted by Gasteiger charge is -2.09. The molecular formula is C13H14BrN5O. The molecule has 20 heavy (non-hydrogen) atoms. The predicted octanol–water partition coefficient (Wildman–Crippen LogP) is 2.39. The topological polar surface area (TPSA) is 93.8 Å². The number of carbonyl (C=O) groups excluding carboxylic acids is 1. The number of aryl methyl sites for hydroxylation is 2. The van der Waals surface area contributed by atoms with E-state index in [0.29, 0.717) is 16.8 Å². The van der Waals surface area contributed by atoms with Gasteiger partial charge in [0.2, 0.25) is 5.95 Å². The number of nitrogens with one attached hydrogen (secondary N) is 1. The maximum absolute atomic E-state index is 12.2. The number of benzene rings is 1. The molecule has 3 N–H and O–H groups in total. The normalized spacial score (nSPS) is 10.4. The molecule has 6 nitrogen and oxygen atoms in total. The van der Waals surface area contributed by atoms with Gasteiger partial charge in [-0.1, -0.05) is 15.9 Å². The van der Waals surface area contributed by atoms with Gasteiger partial charge in [-0.15, -0.1) is 5.10 Å². The Hall–Kier alpha value is -2.02. The standard InChI is InChI=1S/C13H14BrN5O/c1-6-10(4-9(14)5-11(6)15)12(20)17-13-16-7(2)8(3)18-19-13/h4-5H,15H2,1-3H3,(H,16,17,19,20). The lowest BCUT2D eigenvalue weighted by atomic mass is 10.1. The Balaban J connectivity index is 2.30. The van der Waals surface area contributed by atoms with E-state index in [1.54, 1.807) is 26.0 Å². The van der Waals surface area contributed by atoms with Crippen LogP contribution in [-0.4, -0.2) is 21.1 Å². The third-order valence-electron chi connectivity index (χ3n) is 2.97. The fourth-order valence-corrected chi connectivity index (χ4v) is 2.09. The molecule has 0 saturated carbocycles. The van der Waals surface area contributed by atoms with E-state index in [0.717, 1.165) is 15.9 Å². The van der Waals surface area contributed by atoms with E-state index in [1.165, 1.54) is 0 Å². The number of anilines is 2. The molecule has 0 bridgehead atoms. The molecule has 0 saturated heterocycles. The highest BCUT2D eigenvalue weighted by atomic mass is 79.9. The largest absolute Gasteiger partial charge is 0.398 e. The Morgan fingerprint density at radius 1 is 1.20 bits per heavy atom. The van der Waals surface area contributed by atoms with Gasteiger partial charge in [0.05, 0.1) is 11.4 Å². The van der Waals surface area contributed by atoms with Crippen molar-refractivity contribution >= 4 is 33.5 Å². The van der Waals surface area contributed by atoms with Crippen molar-refractivity contribution in [3.05, 3.63) is 39.1 Å². The zero-order valence-corrected chi connectivity index (χ0v) is 12.9. The average Bonchev–Trinajstić information content (AvgIpc) is 2.38. The van der Waals surface area contributed by atoms with E-state index in [4.69, 9.17) is 5.73 Å². The second-order valence-electron chi connectivity index (χ2n) is 4.43. The summed E-state index contributed by atoms with van der Waals surface area (Å²) < 4.78 is 0.741. The molecule has 0 aliphatic carbocycles. The van der Waals surface area contributed by atoms with Crippen LogP contribution >= 0.6 is 15.9 Å². The van der Waals surface area contributed by atoms with Crippen LogP contribution in [0, 0.1) is 20.8 Å². The first-order chi connectivity index (χ1) is 9.38. The van der Waals surface area contributed by atoms with Crippen molar-refractivity contribution in [2.45, 2.75) is 20.8 Å². The predicted molar refractivity (Wildman–Crippen MR) is 80.5 cm³/mol. The molecule has 0 aliphatic rings. The lowest BCUT2D eigenvalue weighted by molar-refractivity contribution is 0.102. The van der Waals surface area contributed by atoms with Crippen LogP contribution in [0.5, 0.6) is 0 Å². The summed E-state index contributed by atoms with van der Waals surface area (Å²) in [5.41, 5.74) is 9.02. The van der Waals surface area contributed by atoms with Gasteiger partial charge >= 0.3 is 0 Å². The summed E-state index contributed by atoms with van der Waals surface area (Å²) in [5, 5.41) is 10.4. The van der Waals surface area contributed by atoms with E-state index in [1.807, 2.05) is 6.92 Å². The number of aromatic nitrogens is 3. The van der Waals surface area contributed by atoms with Crippen LogP contribution in [0.3, 0.4) is 0 Å². The molecule has 1 heterocycles. The molecule has 104 valence electrons. The number of nitrogens with zero attached hydrogens (tertiary/aromatic N) is 3. The van der Waals surface area contributed by atoms with E-state index in [9.17, 15) is 4.79 Å². The molecule has 7 heteroatoms. The summed E-state index contributed by atoms with van der Waals surface area (Å²) in [6.45, 7) is 5.40. The van der Waals surface area contributed by atoms with Gasteiger partial charge in [-0.25, -0.2) is 4.98 Å². The van der Waals surface area contributed by atoms with Crippen molar-refractivity contribution in [1.29, 1.82) is 0 Å². The summed E-state index contributed by atoms with van der Waals surface area (Å²) in [6, 6.07) is 3.45. The monoisotopic (exact) mass is 335 g/mol. The summed E-state index contributed by atoms with van der Waals surface area (Å²) in [5.74, 6) is -0.142. The fraction of sp³-hybridized carbons (Fsp3) is 0.231. The molecule has 0 atom stereocenters. The number of hydrogen-bond acceptors (Lipinski definition) is 5. The number of halogens is 1. The third kappa shape index (κ3) is 2.93. The number of amides is 1.